The van der Waals surface area contributed by atoms with Crippen molar-refractivity contribution >= 4 is 40.9 Å². The molecule has 0 saturated carbocycles. The molecule has 1 aliphatic rings. The first kappa shape index (κ1) is 18.1. The van der Waals surface area contributed by atoms with Crippen molar-refractivity contribution in [1.29, 1.82) is 0 Å². The smallest absolute Gasteiger partial charge is 0.290 e. The van der Waals surface area contributed by atoms with Gasteiger partial charge in [-0.2, -0.15) is 0 Å². The van der Waals surface area contributed by atoms with Crippen LogP contribution in [-0.2, 0) is 0 Å². The minimum atomic E-state index is -0.0628. The molecular formula is C17H22Cl2N2O2. The van der Waals surface area contributed by atoms with Crippen molar-refractivity contribution < 1.29 is 9.21 Å². The highest BCUT2D eigenvalue weighted by atomic mass is 35.5. The standard InChI is InChI=1S/C17H21ClN2O2.ClH/c1-10-5-6-20(13(7-10)9-19)17(21)16-11(2)14-8-12(18)3-4-15(14)22-16;/h3-4,8,10,13H,5-7,9,19H2,1-2H3;1H. The van der Waals surface area contributed by atoms with Gasteiger partial charge in [0, 0.05) is 35.1 Å². The van der Waals surface area contributed by atoms with E-state index in [1.807, 2.05) is 17.9 Å². The van der Waals surface area contributed by atoms with Crippen LogP contribution in [0.15, 0.2) is 22.6 Å². The van der Waals surface area contributed by atoms with E-state index in [2.05, 4.69) is 6.92 Å². The van der Waals surface area contributed by atoms with Gasteiger partial charge in [0.05, 0.1) is 0 Å². The molecule has 6 heteroatoms. The predicted octanol–water partition coefficient (Wildman–Crippen LogP) is 4.02. The number of hydrogen-bond donors (Lipinski definition) is 1. The molecule has 2 N–H and O–H groups in total. The molecule has 4 nitrogen and oxygen atoms in total. The third-order valence-corrected chi connectivity index (χ3v) is 4.84. The topological polar surface area (TPSA) is 59.5 Å². The Morgan fingerprint density at radius 2 is 2.22 bits per heavy atom. The van der Waals surface area contributed by atoms with Gasteiger partial charge in [-0.1, -0.05) is 18.5 Å². The molecular weight excluding hydrogens is 335 g/mol. The Morgan fingerprint density at radius 1 is 1.48 bits per heavy atom. The van der Waals surface area contributed by atoms with Gasteiger partial charge in [0.25, 0.3) is 5.91 Å². The number of likely N-dealkylation sites (tertiary alicyclic amines) is 1. The molecule has 0 spiro atoms. The Balaban J connectivity index is 0.00000192. The van der Waals surface area contributed by atoms with E-state index in [4.69, 9.17) is 21.8 Å². The minimum absolute atomic E-state index is 0. The van der Waals surface area contributed by atoms with E-state index in [1.165, 1.54) is 0 Å². The van der Waals surface area contributed by atoms with Crippen molar-refractivity contribution in [2.45, 2.75) is 32.7 Å². The largest absolute Gasteiger partial charge is 0.451 e. The molecule has 0 bridgehead atoms. The first-order valence-electron chi connectivity index (χ1n) is 7.71. The molecule has 2 atom stereocenters. The van der Waals surface area contributed by atoms with Crippen LogP contribution in [0.1, 0.15) is 35.9 Å². The van der Waals surface area contributed by atoms with Gasteiger partial charge >= 0.3 is 0 Å². The number of carbonyl (C=O) groups excluding carboxylic acids is 1. The molecule has 0 aliphatic carbocycles. The predicted molar refractivity (Wildman–Crippen MR) is 95.5 cm³/mol. The van der Waals surface area contributed by atoms with Gasteiger partial charge in [0.2, 0.25) is 0 Å². The van der Waals surface area contributed by atoms with E-state index in [0.29, 0.717) is 28.8 Å². The second-order valence-electron chi connectivity index (χ2n) is 6.21. The average Bonchev–Trinajstić information content (AvgIpc) is 2.83. The first-order chi connectivity index (χ1) is 10.5. The number of carbonyl (C=O) groups is 1. The summed E-state index contributed by atoms with van der Waals surface area (Å²) in [5.74, 6) is 0.950. The van der Waals surface area contributed by atoms with Crippen molar-refractivity contribution in [3.05, 3.63) is 34.5 Å². The molecule has 2 unspecified atom stereocenters. The molecule has 1 aromatic heterocycles. The van der Waals surface area contributed by atoms with E-state index in [0.717, 1.165) is 30.3 Å². The number of furan rings is 1. The molecule has 1 aromatic carbocycles. The van der Waals surface area contributed by atoms with Gasteiger partial charge in [-0.15, -0.1) is 12.4 Å². The van der Waals surface area contributed by atoms with Crippen LogP contribution in [0.2, 0.25) is 5.02 Å². The quantitative estimate of drug-likeness (QED) is 0.883. The van der Waals surface area contributed by atoms with Crippen molar-refractivity contribution in [1.82, 2.24) is 4.90 Å². The molecule has 2 heterocycles. The average molecular weight is 357 g/mol. The first-order valence-corrected chi connectivity index (χ1v) is 8.08. The fraction of sp³-hybridized carbons (Fsp3) is 0.471. The molecule has 1 amide bonds. The number of halogens is 2. The summed E-state index contributed by atoms with van der Waals surface area (Å²) in [4.78, 5) is 14.8. The van der Waals surface area contributed by atoms with E-state index in [-0.39, 0.29) is 24.4 Å². The summed E-state index contributed by atoms with van der Waals surface area (Å²) in [6.45, 7) is 5.33. The Morgan fingerprint density at radius 3 is 2.91 bits per heavy atom. The maximum atomic E-state index is 12.9. The van der Waals surface area contributed by atoms with Crippen LogP contribution in [0.3, 0.4) is 0 Å². The fourth-order valence-electron chi connectivity index (χ4n) is 3.27. The van der Waals surface area contributed by atoms with Crippen molar-refractivity contribution in [3.8, 4) is 0 Å². The number of amides is 1. The number of nitrogens with two attached hydrogens (primary N) is 1. The number of rotatable bonds is 2. The molecule has 2 aromatic rings. The lowest BCUT2D eigenvalue weighted by atomic mass is 9.92. The molecule has 1 aliphatic heterocycles. The SMILES string of the molecule is Cc1c(C(=O)N2CCC(C)CC2CN)oc2ccc(Cl)cc12.Cl. The molecule has 23 heavy (non-hydrogen) atoms. The highest BCUT2D eigenvalue weighted by Crippen LogP contribution is 2.30. The highest BCUT2D eigenvalue weighted by Gasteiger charge is 2.32. The number of fused-ring (bicyclic) bond motifs is 1. The monoisotopic (exact) mass is 356 g/mol. The number of hydrogen-bond acceptors (Lipinski definition) is 3. The van der Waals surface area contributed by atoms with E-state index < -0.39 is 0 Å². The lowest BCUT2D eigenvalue weighted by Crippen LogP contribution is -2.49. The van der Waals surface area contributed by atoms with Gasteiger partial charge in [0.15, 0.2) is 5.76 Å². The lowest BCUT2D eigenvalue weighted by molar-refractivity contribution is 0.0543. The second kappa shape index (κ2) is 7.12. The Labute approximate surface area is 147 Å². The zero-order chi connectivity index (χ0) is 15.9. The fourth-order valence-corrected chi connectivity index (χ4v) is 3.44. The number of benzene rings is 1. The third-order valence-electron chi connectivity index (χ3n) is 4.60. The summed E-state index contributed by atoms with van der Waals surface area (Å²) in [5.41, 5.74) is 7.40. The van der Waals surface area contributed by atoms with Gasteiger partial charge in [0.1, 0.15) is 5.58 Å². The molecule has 1 saturated heterocycles. The number of piperidine rings is 1. The van der Waals surface area contributed by atoms with Crippen molar-refractivity contribution in [3.63, 3.8) is 0 Å². The minimum Gasteiger partial charge on any atom is -0.451 e. The number of aryl methyl sites for hydroxylation is 1. The summed E-state index contributed by atoms with van der Waals surface area (Å²) in [5, 5.41) is 1.53. The number of nitrogens with zero attached hydrogens (tertiary/aromatic N) is 1. The van der Waals surface area contributed by atoms with Crippen LogP contribution in [0.4, 0.5) is 0 Å². The molecule has 1 fully saturated rings. The maximum absolute atomic E-state index is 12.9. The van der Waals surface area contributed by atoms with Crippen LogP contribution < -0.4 is 5.73 Å². The highest BCUT2D eigenvalue weighted by molar-refractivity contribution is 6.31. The van der Waals surface area contributed by atoms with Gasteiger partial charge in [-0.05, 0) is 43.9 Å². The maximum Gasteiger partial charge on any atom is 0.290 e. The summed E-state index contributed by atoms with van der Waals surface area (Å²) in [7, 11) is 0. The van der Waals surface area contributed by atoms with E-state index in [9.17, 15) is 4.79 Å². The Hall–Kier alpha value is -1.23. The summed E-state index contributed by atoms with van der Waals surface area (Å²) < 4.78 is 5.80. The second-order valence-corrected chi connectivity index (χ2v) is 6.65. The summed E-state index contributed by atoms with van der Waals surface area (Å²) >= 11 is 6.04. The van der Waals surface area contributed by atoms with Crippen molar-refractivity contribution in [2.75, 3.05) is 13.1 Å². The van der Waals surface area contributed by atoms with Crippen LogP contribution in [0.25, 0.3) is 11.0 Å². The third kappa shape index (κ3) is 3.35. The molecule has 3 rings (SSSR count). The van der Waals surface area contributed by atoms with Crippen molar-refractivity contribution in [2.24, 2.45) is 11.7 Å². The van der Waals surface area contributed by atoms with E-state index >= 15 is 0 Å². The van der Waals surface area contributed by atoms with Crippen LogP contribution in [0, 0.1) is 12.8 Å². The normalized spacial score (nSPS) is 21.3. The lowest BCUT2D eigenvalue weighted by Gasteiger charge is -2.37. The van der Waals surface area contributed by atoms with Crippen LogP contribution in [0.5, 0.6) is 0 Å². The Kier molecular flexibility index (Phi) is 5.61. The van der Waals surface area contributed by atoms with E-state index in [1.54, 1.807) is 12.1 Å². The van der Waals surface area contributed by atoms with Gasteiger partial charge in [-0.25, -0.2) is 0 Å². The zero-order valence-corrected chi connectivity index (χ0v) is 14.9. The van der Waals surface area contributed by atoms with Gasteiger partial charge < -0.3 is 15.1 Å². The molecule has 0 radical (unpaired) electrons. The Bertz CT molecular complexity index is 714. The summed E-state index contributed by atoms with van der Waals surface area (Å²) in [6, 6.07) is 5.50. The van der Waals surface area contributed by atoms with Crippen LogP contribution in [-0.4, -0.2) is 29.9 Å². The molecule has 126 valence electrons. The van der Waals surface area contributed by atoms with Crippen LogP contribution >= 0.6 is 24.0 Å². The summed E-state index contributed by atoms with van der Waals surface area (Å²) in [6.07, 6.45) is 1.96. The zero-order valence-electron chi connectivity index (χ0n) is 13.3. The van der Waals surface area contributed by atoms with Gasteiger partial charge in [-0.3, -0.25) is 4.79 Å².